The average molecular weight is 276 g/mol. The minimum Gasteiger partial charge on any atom is -0.381 e. The Kier molecular flexibility index (Phi) is 4.93. The summed E-state index contributed by atoms with van der Waals surface area (Å²) in [7, 11) is 0. The van der Waals surface area contributed by atoms with Crippen LogP contribution in [0.1, 0.15) is 6.92 Å². The lowest BCUT2D eigenvalue weighted by Gasteiger charge is -2.23. The van der Waals surface area contributed by atoms with E-state index in [1.807, 2.05) is 6.92 Å². The highest BCUT2D eigenvalue weighted by Crippen LogP contribution is 2.15. The summed E-state index contributed by atoms with van der Waals surface area (Å²) in [6, 6.07) is 13.0. The summed E-state index contributed by atoms with van der Waals surface area (Å²) >= 11 is 0. The smallest absolute Gasteiger partial charge is 0.146 e. The van der Waals surface area contributed by atoms with Gasteiger partial charge in [0.2, 0.25) is 0 Å². The molecule has 0 aliphatic heterocycles. The van der Waals surface area contributed by atoms with E-state index >= 15 is 0 Å². The third kappa shape index (κ3) is 3.70. The normalized spacial score (nSPS) is 10.3. The number of benzene rings is 2. The zero-order valence-corrected chi connectivity index (χ0v) is 11.4. The highest BCUT2D eigenvalue weighted by molar-refractivity contribution is 5.47. The van der Waals surface area contributed by atoms with Crippen molar-refractivity contribution in [3.05, 3.63) is 60.2 Å². The predicted octanol–water partition coefficient (Wildman–Crippen LogP) is 3.90. The molecule has 0 saturated carbocycles. The molecule has 106 valence electrons. The van der Waals surface area contributed by atoms with Crippen molar-refractivity contribution >= 4 is 11.4 Å². The van der Waals surface area contributed by atoms with E-state index in [0.717, 1.165) is 18.8 Å². The van der Waals surface area contributed by atoms with Gasteiger partial charge < -0.3 is 10.2 Å². The second-order valence-corrected chi connectivity index (χ2v) is 4.46. The van der Waals surface area contributed by atoms with Gasteiger partial charge in [-0.25, -0.2) is 8.78 Å². The highest BCUT2D eigenvalue weighted by Gasteiger charge is 2.05. The average Bonchev–Trinajstić information content (AvgIpc) is 2.47. The lowest BCUT2D eigenvalue weighted by molar-refractivity contribution is 0.627. The van der Waals surface area contributed by atoms with Gasteiger partial charge in [-0.3, -0.25) is 0 Å². The maximum absolute atomic E-state index is 13.4. The maximum atomic E-state index is 13.4. The van der Waals surface area contributed by atoms with Crippen LogP contribution < -0.4 is 10.2 Å². The van der Waals surface area contributed by atoms with Gasteiger partial charge in [0.1, 0.15) is 11.6 Å². The summed E-state index contributed by atoms with van der Waals surface area (Å²) in [5.74, 6) is -0.494. The van der Waals surface area contributed by atoms with E-state index in [1.54, 1.807) is 30.3 Å². The number of anilines is 2. The molecule has 0 saturated heterocycles. The van der Waals surface area contributed by atoms with Crippen molar-refractivity contribution in [3.63, 3.8) is 0 Å². The van der Waals surface area contributed by atoms with Crippen LogP contribution in [0.4, 0.5) is 20.2 Å². The summed E-state index contributed by atoms with van der Waals surface area (Å²) in [5.41, 5.74) is 1.46. The van der Waals surface area contributed by atoms with Crippen molar-refractivity contribution < 1.29 is 8.78 Å². The molecule has 2 rings (SSSR count). The fraction of sp³-hybridized carbons (Fsp3) is 0.250. The Bertz CT molecular complexity index is 540. The van der Waals surface area contributed by atoms with Gasteiger partial charge in [0.25, 0.3) is 0 Å². The van der Waals surface area contributed by atoms with E-state index in [2.05, 4.69) is 10.2 Å². The number of hydrogen-bond acceptors (Lipinski definition) is 2. The number of halogens is 2. The van der Waals surface area contributed by atoms with Gasteiger partial charge in [0.05, 0.1) is 5.69 Å². The molecule has 0 fully saturated rings. The van der Waals surface area contributed by atoms with Crippen LogP contribution in [-0.4, -0.2) is 19.6 Å². The molecule has 20 heavy (non-hydrogen) atoms. The molecule has 2 aromatic rings. The second-order valence-electron chi connectivity index (χ2n) is 4.46. The molecule has 0 aromatic heterocycles. The number of nitrogens with zero attached hydrogens (tertiary/aromatic N) is 1. The molecule has 0 bridgehead atoms. The fourth-order valence-electron chi connectivity index (χ4n) is 2.05. The Hall–Kier alpha value is -2.10. The number of hydrogen-bond donors (Lipinski definition) is 1. The molecule has 0 heterocycles. The first kappa shape index (κ1) is 14.3. The van der Waals surface area contributed by atoms with Crippen LogP contribution in [0.2, 0.25) is 0 Å². The largest absolute Gasteiger partial charge is 0.381 e. The Morgan fingerprint density at radius 1 is 1.00 bits per heavy atom. The molecule has 0 amide bonds. The first-order valence-electron chi connectivity index (χ1n) is 6.69. The number of nitrogens with one attached hydrogen (secondary N) is 1. The van der Waals surface area contributed by atoms with E-state index in [-0.39, 0.29) is 11.6 Å². The monoisotopic (exact) mass is 276 g/mol. The van der Waals surface area contributed by atoms with Crippen molar-refractivity contribution in [2.75, 3.05) is 29.9 Å². The van der Waals surface area contributed by atoms with E-state index in [9.17, 15) is 8.78 Å². The number of likely N-dealkylation sites (N-methyl/N-ethyl adjacent to an activating group) is 1. The molecule has 0 radical (unpaired) electrons. The molecule has 0 aliphatic rings. The first-order chi connectivity index (χ1) is 9.70. The van der Waals surface area contributed by atoms with Crippen LogP contribution in [0.3, 0.4) is 0 Å². The van der Waals surface area contributed by atoms with Gasteiger partial charge in [-0.15, -0.1) is 0 Å². The van der Waals surface area contributed by atoms with Crippen LogP contribution >= 0.6 is 0 Å². The summed E-state index contributed by atoms with van der Waals surface area (Å²) < 4.78 is 26.3. The van der Waals surface area contributed by atoms with Crippen LogP contribution in [0.15, 0.2) is 48.5 Å². The molecule has 0 atom stereocenters. The number of para-hydroxylation sites is 1. The summed E-state index contributed by atoms with van der Waals surface area (Å²) in [5, 5.41) is 3.07. The summed E-state index contributed by atoms with van der Waals surface area (Å²) in [6.45, 7) is 4.18. The quantitative estimate of drug-likeness (QED) is 0.860. The molecular formula is C16H18F2N2. The zero-order chi connectivity index (χ0) is 14.4. The molecule has 2 nitrogen and oxygen atoms in total. The Labute approximate surface area is 118 Å². The molecule has 0 spiro atoms. The molecule has 2 aromatic carbocycles. The molecule has 0 aliphatic carbocycles. The first-order valence-corrected chi connectivity index (χ1v) is 6.69. The molecule has 0 unspecified atom stereocenters. The maximum Gasteiger partial charge on any atom is 0.146 e. The van der Waals surface area contributed by atoms with Gasteiger partial charge in [0.15, 0.2) is 0 Å². The third-order valence-electron chi connectivity index (χ3n) is 3.14. The second kappa shape index (κ2) is 6.89. The van der Waals surface area contributed by atoms with Crippen LogP contribution in [-0.2, 0) is 0 Å². The van der Waals surface area contributed by atoms with Crippen molar-refractivity contribution in [2.45, 2.75) is 6.92 Å². The fourth-order valence-corrected chi connectivity index (χ4v) is 2.05. The van der Waals surface area contributed by atoms with Crippen LogP contribution in [0.25, 0.3) is 0 Å². The molecule has 4 heteroatoms. The summed E-state index contributed by atoms with van der Waals surface area (Å²) in [4.78, 5) is 2.10. The van der Waals surface area contributed by atoms with E-state index in [1.165, 1.54) is 18.2 Å². The SMILES string of the molecule is CCN(CCNc1ccccc1F)c1ccc(F)cc1. The predicted molar refractivity (Wildman–Crippen MR) is 79.2 cm³/mol. The van der Waals surface area contributed by atoms with Crippen molar-refractivity contribution in [1.29, 1.82) is 0 Å². The van der Waals surface area contributed by atoms with E-state index in [0.29, 0.717) is 12.2 Å². The van der Waals surface area contributed by atoms with Crippen molar-refractivity contribution in [2.24, 2.45) is 0 Å². The topological polar surface area (TPSA) is 15.3 Å². The Balaban J connectivity index is 1.91. The minimum atomic E-state index is -0.252. The van der Waals surface area contributed by atoms with E-state index < -0.39 is 0 Å². The highest BCUT2D eigenvalue weighted by atomic mass is 19.1. The van der Waals surface area contributed by atoms with Crippen LogP contribution in [0, 0.1) is 11.6 Å². The summed E-state index contributed by atoms with van der Waals surface area (Å²) in [6.07, 6.45) is 0. The van der Waals surface area contributed by atoms with Crippen LogP contribution in [0.5, 0.6) is 0 Å². The van der Waals surface area contributed by atoms with Gasteiger partial charge in [-0.2, -0.15) is 0 Å². The Morgan fingerprint density at radius 2 is 1.70 bits per heavy atom. The van der Waals surface area contributed by atoms with Crippen molar-refractivity contribution in [1.82, 2.24) is 0 Å². The van der Waals surface area contributed by atoms with E-state index in [4.69, 9.17) is 0 Å². The lowest BCUT2D eigenvalue weighted by Crippen LogP contribution is -2.28. The van der Waals surface area contributed by atoms with Gasteiger partial charge in [-0.1, -0.05) is 12.1 Å². The van der Waals surface area contributed by atoms with Gasteiger partial charge in [-0.05, 0) is 43.3 Å². The minimum absolute atomic E-state index is 0.241. The third-order valence-corrected chi connectivity index (χ3v) is 3.14. The molecular weight excluding hydrogens is 258 g/mol. The Morgan fingerprint density at radius 3 is 2.35 bits per heavy atom. The standard InChI is InChI=1S/C16H18F2N2/c1-2-20(14-9-7-13(17)8-10-14)12-11-19-16-6-4-3-5-15(16)18/h3-10,19H,2,11-12H2,1H3. The molecule has 1 N–H and O–H groups in total. The zero-order valence-electron chi connectivity index (χ0n) is 11.4. The lowest BCUT2D eigenvalue weighted by atomic mass is 10.2. The van der Waals surface area contributed by atoms with Gasteiger partial charge >= 0.3 is 0 Å². The van der Waals surface area contributed by atoms with Crippen molar-refractivity contribution in [3.8, 4) is 0 Å². The number of rotatable bonds is 6. The van der Waals surface area contributed by atoms with Gasteiger partial charge in [0, 0.05) is 25.3 Å².